The summed E-state index contributed by atoms with van der Waals surface area (Å²) in [7, 11) is 0. The number of rotatable bonds is 7. The molecule has 2 aromatic rings. The summed E-state index contributed by atoms with van der Waals surface area (Å²) in [5, 5.41) is 16.3. The van der Waals surface area contributed by atoms with Crippen molar-refractivity contribution in [2.75, 3.05) is 5.32 Å². The minimum atomic E-state index is -1.09. The predicted molar refractivity (Wildman–Crippen MR) is 97.5 cm³/mol. The van der Waals surface area contributed by atoms with Gasteiger partial charge in [-0.3, -0.25) is 9.59 Å². The number of carbonyl (C=O) groups is 3. The molecule has 0 radical (unpaired) electrons. The maximum atomic E-state index is 12.3. The lowest BCUT2D eigenvalue weighted by Crippen LogP contribution is -2.40. The monoisotopic (exact) mass is 380 g/mol. The van der Waals surface area contributed by atoms with Gasteiger partial charge in [0.25, 0.3) is 11.8 Å². The number of aliphatic carboxylic acids is 1. The Balaban J connectivity index is 2.15. The number of anilines is 1. The molecule has 0 bridgehead atoms. The lowest BCUT2D eigenvalue weighted by Gasteiger charge is -2.14. The van der Waals surface area contributed by atoms with E-state index >= 15 is 0 Å². The molecule has 2 rings (SSSR count). The largest absolute Gasteiger partial charge is 0.480 e. The lowest BCUT2D eigenvalue weighted by atomic mass is 10.1. The number of thiophene rings is 1. The molecule has 6 nitrogen and oxygen atoms in total. The number of carbonyl (C=O) groups excluding carboxylic acids is 2. The molecule has 1 atom stereocenters. The van der Waals surface area contributed by atoms with Crippen LogP contribution in [-0.4, -0.2) is 28.9 Å². The van der Waals surface area contributed by atoms with E-state index in [-0.39, 0.29) is 22.2 Å². The highest BCUT2D eigenvalue weighted by atomic mass is 35.5. The van der Waals surface area contributed by atoms with Gasteiger partial charge in [-0.05, 0) is 36.1 Å². The summed E-state index contributed by atoms with van der Waals surface area (Å²) in [5.41, 5.74) is 0.503. The molecule has 2 amide bonds. The van der Waals surface area contributed by atoms with Gasteiger partial charge in [-0.1, -0.05) is 31.0 Å². The van der Waals surface area contributed by atoms with E-state index < -0.39 is 17.9 Å². The first-order valence-corrected chi connectivity index (χ1v) is 8.86. The first-order chi connectivity index (χ1) is 11.9. The number of amides is 2. The van der Waals surface area contributed by atoms with Gasteiger partial charge >= 0.3 is 5.97 Å². The Bertz CT molecular complexity index is 777. The van der Waals surface area contributed by atoms with E-state index in [0.29, 0.717) is 17.7 Å². The number of hydrogen-bond donors (Lipinski definition) is 3. The van der Waals surface area contributed by atoms with Crippen molar-refractivity contribution in [2.45, 2.75) is 25.8 Å². The Kier molecular flexibility index (Phi) is 6.55. The van der Waals surface area contributed by atoms with Gasteiger partial charge in [0.05, 0.1) is 15.6 Å². The Hall–Kier alpha value is -2.38. The number of hydrogen-bond acceptors (Lipinski definition) is 4. The van der Waals surface area contributed by atoms with Crippen LogP contribution in [-0.2, 0) is 4.79 Å². The fourth-order valence-corrected chi connectivity index (χ4v) is 2.93. The summed E-state index contributed by atoms with van der Waals surface area (Å²) >= 11 is 7.36. The van der Waals surface area contributed by atoms with Crippen molar-refractivity contribution < 1.29 is 19.5 Å². The molecule has 0 saturated carbocycles. The molecule has 1 heterocycles. The van der Waals surface area contributed by atoms with E-state index in [2.05, 4.69) is 10.6 Å². The quantitative estimate of drug-likeness (QED) is 0.683. The van der Waals surface area contributed by atoms with Crippen LogP contribution in [0.1, 0.15) is 39.8 Å². The first-order valence-electron chi connectivity index (χ1n) is 7.60. The summed E-state index contributed by atoms with van der Waals surface area (Å²) in [6, 6.07) is 6.85. The van der Waals surface area contributed by atoms with Crippen LogP contribution in [0.4, 0.5) is 5.69 Å². The third-order valence-electron chi connectivity index (χ3n) is 3.40. The minimum Gasteiger partial charge on any atom is -0.480 e. The zero-order valence-corrected chi connectivity index (χ0v) is 15.0. The zero-order valence-electron chi connectivity index (χ0n) is 13.4. The number of nitrogens with one attached hydrogen (secondary N) is 2. The zero-order chi connectivity index (χ0) is 18.4. The molecule has 0 saturated heterocycles. The second kappa shape index (κ2) is 8.64. The van der Waals surface area contributed by atoms with Gasteiger partial charge in [0.2, 0.25) is 0 Å². The maximum Gasteiger partial charge on any atom is 0.326 e. The van der Waals surface area contributed by atoms with Crippen molar-refractivity contribution in [2.24, 2.45) is 0 Å². The fourth-order valence-electron chi connectivity index (χ4n) is 2.14. The fraction of sp³-hybridized carbons (Fsp3) is 0.235. The molecule has 0 aliphatic carbocycles. The minimum absolute atomic E-state index is 0.216. The third kappa shape index (κ3) is 5.04. The standard InChI is InChI=1S/C17H17ClN2O4S/c1-2-4-12(17(23)24)19-15(21)10-6-7-11(18)13(9-10)20-16(22)14-5-3-8-25-14/h3,5-9,12H,2,4H2,1H3,(H,19,21)(H,20,22)(H,23,24)/t12-/m0/s1. The molecule has 0 fully saturated rings. The summed E-state index contributed by atoms with van der Waals surface area (Å²) < 4.78 is 0. The highest BCUT2D eigenvalue weighted by molar-refractivity contribution is 7.12. The van der Waals surface area contributed by atoms with Crippen LogP contribution in [0.25, 0.3) is 0 Å². The Labute approximate surface area is 153 Å². The van der Waals surface area contributed by atoms with Gasteiger partial charge in [0, 0.05) is 5.56 Å². The molecule has 25 heavy (non-hydrogen) atoms. The molecule has 0 aliphatic rings. The van der Waals surface area contributed by atoms with Gasteiger partial charge in [-0.25, -0.2) is 4.79 Å². The molecule has 0 spiro atoms. The Morgan fingerprint density at radius 3 is 2.60 bits per heavy atom. The Morgan fingerprint density at radius 1 is 1.24 bits per heavy atom. The van der Waals surface area contributed by atoms with Crippen molar-refractivity contribution in [1.29, 1.82) is 0 Å². The molecule has 3 N–H and O–H groups in total. The van der Waals surface area contributed by atoms with Gasteiger partial charge in [-0.2, -0.15) is 0 Å². The van der Waals surface area contributed by atoms with Crippen molar-refractivity contribution in [1.82, 2.24) is 5.32 Å². The summed E-state index contributed by atoms with van der Waals surface area (Å²) in [6.45, 7) is 1.84. The van der Waals surface area contributed by atoms with Crippen LogP contribution >= 0.6 is 22.9 Å². The van der Waals surface area contributed by atoms with Crippen molar-refractivity contribution in [3.63, 3.8) is 0 Å². The van der Waals surface area contributed by atoms with Gasteiger partial charge in [0.1, 0.15) is 6.04 Å². The van der Waals surface area contributed by atoms with Crippen molar-refractivity contribution in [3.8, 4) is 0 Å². The van der Waals surface area contributed by atoms with E-state index in [1.807, 2.05) is 6.92 Å². The molecule has 1 aromatic carbocycles. The molecule has 1 aromatic heterocycles. The van der Waals surface area contributed by atoms with Crippen molar-refractivity contribution >= 4 is 46.4 Å². The van der Waals surface area contributed by atoms with E-state index in [1.165, 1.54) is 29.5 Å². The summed E-state index contributed by atoms with van der Waals surface area (Å²) in [6.07, 6.45) is 0.955. The Morgan fingerprint density at radius 2 is 2.00 bits per heavy atom. The van der Waals surface area contributed by atoms with Crippen LogP contribution in [0.2, 0.25) is 5.02 Å². The molecular weight excluding hydrogens is 364 g/mol. The van der Waals surface area contributed by atoms with Crippen LogP contribution in [0.3, 0.4) is 0 Å². The van der Waals surface area contributed by atoms with Crippen LogP contribution in [0, 0.1) is 0 Å². The number of carboxylic acid groups (broad SMARTS) is 1. The molecule has 132 valence electrons. The normalized spacial score (nSPS) is 11.6. The number of benzene rings is 1. The third-order valence-corrected chi connectivity index (χ3v) is 4.60. The highest BCUT2D eigenvalue weighted by Gasteiger charge is 2.20. The smallest absolute Gasteiger partial charge is 0.326 e. The van der Waals surface area contributed by atoms with Gasteiger partial charge in [-0.15, -0.1) is 11.3 Å². The van der Waals surface area contributed by atoms with Crippen LogP contribution in [0.5, 0.6) is 0 Å². The number of halogens is 1. The van der Waals surface area contributed by atoms with E-state index in [9.17, 15) is 14.4 Å². The van der Waals surface area contributed by atoms with Gasteiger partial charge < -0.3 is 15.7 Å². The van der Waals surface area contributed by atoms with Gasteiger partial charge in [0.15, 0.2) is 0 Å². The lowest BCUT2D eigenvalue weighted by molar-refractivity contribution is -0.139. The van der Waals surface area contributed by atoms with Crippen LogP contribution in [0.15, 0.2) is 35.7 Å². The topological polar surface area (TPSA) is 95.5 Å². The average Bonchev–Trinajstić information content (AvgIpc) is 3.10. The molecule has 0 unspecified atom stereocenters. The summed E-state index contributed by atoms with van der Waals surface area (Å²) in [4.78, 5) is 36.1. The second-order valence-electron chi connectivity index (χ2n) is 5.28. The average molecular weight is 381 g/mol. The summed E-state index contributed by atoms with van der Waals surface area (Å²) in [5.74, 6) is -1.96. The predicted octanol–water partition coefficient (Wildman–Crippen LogP) is 3.64. The maximum absolute atomic E-state index is 12.3. The van der Waals surface area contributed by atoms with Crippen LogP contribution < -0.4 is 10.6 Å². The molecular formula is C17H17ClN2O4S. The van der Waals surface area contributed by atoms with E-state index in [4.69, 9.17) is 16.7 Å². The highest BCUT2D eigenvalue weighted by Crippen LogP contribution is 2.24. The number of carboxylic acids is 1. The van der Waals surface area contributed by atoms with Crippen molar-refractivity contribution in [3.05, 3.63) is 51.2 Å². The first kappa shape index (κ1) is 19.0. The molecule has 8 heteroatoms. The molecule has 0 aliphatic heterocycles. The van der Waals surface area contributed by atoms with E-state index in [0.717, 1.165) is 0 Å². The SMILES string of the molecule is CCC[C@H](NC(=O)c1ccc(Cl)c(NC(=O)c2cccs2)c1)C(=O)O. The van der Waals surface area contributed by atoms with E-state index in [1.54, 1.807) is 17.5 Å². The second-order valence-corrected chi connectivity index (χ2v) is 6.63.